The summed E-state index contributed by atoms with van der Waals surface area (Å²) in [5.41, 5.74) is 2.50. The fraction of sp³-hybridized carbons (Fsp3) is 0.417. The highest BCUT2D eigenvalue weighted by Crippen LogP contribution is 2.38. The molecular formula is C24H27N3O3S. The number of nitrogens with zero attached hydrogens (tertiary/aromatic N) is 2. The molecule has 1 saturated carbocycles. The predicted molar refractivity (Wildman–Crippen MR) is 120 cm³/mol. The molecule has 0 unspecified atom stereocenters. The Morgan fingerprint density at radius 3 is 2.58 bits per heavy atom. The fourth-order valence-electron chi connectivity index (χ4n) is 4.77. The van der Waals surface area contributed by atoms with E-state index in [9.17, 15) is 9.90 Å². The summed E-state index contributed by atoms with van der Waals surface area (Å²) in [5, 5.41) is 17.9. The third-order valence-electron chi connectivity index (χ3n) is 6.48. The minimum Gasteiger partial charge on any atom is -0.488 e. The van der Waals surface area contributed by atoms with Gasteiger partial charge in [-0.1, -0.05) is 17.7 Å². The molecule has 4 atom stereocenters. The molecule has 2 aromatic heterocycles. The van der Waals surface area contributed by atoms with Crippen molar-refractivity contribution in [1.29, 1.82) is 0 Å². The number of aliphatic hydroxyl groups excluding tert-OH is 1. The van der Waals surface area contributed by atoms with Crippen LogP contribution in [-0.2, 0) is 0 Å². The van der Waals surface area contributed by atoms with Gasteiger partial charge in [-0.2, -0.15) is 5.10 Å². The average Bonchev–Trinajstić information content (AvgIpc) is 3.48. The van der Waals surface area contributed by atoms with Gasteiger partial charge < -0.3 is 14.7 Å². The van der Waals surface area contributed by atoms with Crippen LogP contribution in [-0.4, -0.2) is 51.4 Å². The fourth-order valence-corrected chi connectivity index (χ4v) is 5.61. The molecule has 2 fully saturated rings. The molecule has 2 N–H and O–H groups in total. The Kier molecular flexibility index (Phi) is 5.32. The van der Waals surface area contributed by atoms with Crippen molar-refractivity contribution in [2.24, 2.45) is 11.8 Å². The summed E-state index contributed by atoms with van der Waals surface area (Å²) in [4.78, 5) is 17.3. The number of nitrogens with one attached hydrogen (secondary N) is 1. The minimum atomic E-state index is -0.517. The van der Waals surface area contributed by atoms with E-state index in [4.69, 9.17) is 4.74 Å². The van der Waals surface area contributed by atoms with Crippen LogP contribution in [0.25, 0.3) is 10.6 Å². The number of rotatable bonds is 4. The van der Waals surface area contributed by atoms with E-state index < -0.39 is 6.10 Å². The monoisotopic (exact) mass is 437 g/mol. The number of aryl methyl sites for hydroxylation is 2. The van der Waals surface area contributed by atoms with Gasteiger partial charge in [0.1, 0.15) is 11.9 Å². The van der Waals surface area contributed by atoms with Crippen LogP contribution in [0, 0.1) is 25.7 Å². The standard InChI is InChI=1S/C24H27N3O3S/c1-14-3-6-18(7-4-14)30-22-10-17-13-27(12-16(17)9-21(22)28)24(29)20-11-19(25-26-20)23-8-5-15(2)31-23/h3-8,11,16-17,21-22,28H,9-10,12-13H2,1-2H3,(H,25,26)/t16-,17+,21+,22+/m0/s1. The number of H-pyrrole nitrogens is 1. The molecule has 31 heavy (non-hydrogen) atoms. The summed E-state index contributed by atoms with van der Waals surface area (Å²) in [6, 6.07) is 13.9. The molecule has 6 nitrogen and oxygen atoms in total. The van der Waals surface area contributed by atoms with Gasteiger partial charge in [-0.05, 0) is 68.9 Å². The number of aromatic nitrogens is 2. The van der Waals surface area contributed by atoms with Crippen LogP contribution in [0.5, 0.6) is 5.75 Å². The number of amides is 1. The largest absolute Gasteiger partial charge is 0.488 e. The second-order valence-electron chi connectivity index (χ2n) is 8.82. The number of carbonyl (C=O) groups excluding carboxylic acids is 1. The lowest BCUT2D eigenvalue weighted by atomic mass is 9.78. The highest BCUT2D eigenvalue weighted by atomic mass is 32.1. The van der Waals surface area contributed by atoms with Gasteiger partial charge in [0.2, 0.25) is 0 Å². The number of fused-ring (bicyclic) bond motifs is 1. The Morgan fingerprint density at radius 2 is 1.87 bits per heavy atom. The molecular weight excluding hydrogens is 410 g/mol. The van der Waals surface area contributed by atoms with Crippen LogP contribution >= 0.6 is 11.3 Å². The van der Waals surface area contributed by atoms with Crippen molar-refractivity contribution in [1.82, 2.24) is 15.1 Å². The predicted octanol–water partition coefficient (Wildman–Crippen LogP) is 4.05. The van der Waals surface area contributed by atoms with Gasteiger partial charge >= 0.3 is 0 Å². The van der Waals surface area contributed by atoms with Crippen LogP contribution in [0.1, 0.15) is 33.8 Å². The van der Waals surface area contributed by atoms with Crippen LogP contribution in [0.3, 0.4) is 0 Å². The number of carbonyl (C=O) groups is 1. The van der Waals surface area contributed by atoms with Crippen molar-refractivity contribution in [3.8, 4) is 16.3 Å². The topological polar surface area (TPSA) is 78.5 Å². The maximum atomic E-state index is 13.1. The van der Waals surface area contributed by atoms with Gasteiger partial charge in [0, 0.05) is 18.0 Å². The summed E-state index contributed by atoms with van der Waals surface area (Å²) in [7, 11) is 0. The third-order valence-corrected chi connectivity index (χ3v) is 7.52. The zero-order valence-corrected chi connectivity index (χ0v) is 18.6. The van der Waals surface area contributed by atoms with Gasteiger partial charge in [0.25, 0.3) is 5.91 Å². The normalized spacial score (nSPS) is 25.5. The first-order valence-corrected chi connectivity index (χ1v) is 11.6. The molecule has 1 amide bonds. The molecule has 1 aliphatic carbocycles. The summed E-state index contributed by atoms with van der Waals surface area (Å²) in [6.07, 6.45) is 0.657. The zero-order valence-electron chi connectivity index (χ0n) is 17.7. The Hall–Kier alpha value is -2.64. The number of hydrogen-bond acceptors (Lipinski definition) is 5. The van der Waals surface area contributed by atoms with Crippen molar-refractivity contribution in [2.75, 3.05) is 13.1 Å². The molecule has 3 heterocycles. The average molecular weight is 438 g/mol. The van der Waals surface area contributed by atoms with E-state index in [0.29, 0.717) is 37.0 Å². The second-order valence-corrected chi connectivity index (χ2v) is 10.1. The Labute approximate surface area is 185 Å². The number of thiophene rings is 1. The van der Waals surface area contributed by atoms with Gasteiger partial charge in [-0.3, -0.25) is 9.89 Å². The maximum absolute atomic E-state index is 13.1. The van der Waals surface area contributed by atoms with E-state index in [2.05, 4.69) is 23.2 Å². The van der Waals surface area contributed by atoms with Crippen LogP contribution in [0.15, 0.2) is 42.5 Å². The van der Waals surface area contributed by atoms with Crippen molar-refractivity contribution in [3.05, 3.63) is 58.6 Å². The smallest absolute Gasteiger partial charge is 0.274 e. The number of aromatic amines is 1. The van der Waals surface area contributed by atoms with Crippen molar-refractivity contribution in [2.45, 2.75) is 38.9 Å². The molecule has 5 rings (SSSR count). The van der Waals surface area contributed by atoms with Crippen molar-refractivity contribution >= 4 is 17.2 Å². The van der Waals surface area contributed by atoms with Crippen LogP contribution in [0.2, 0.25) is 0 Å². The number of ether oxygens (including phenoxy) is 1. The summed E-state index contributed by atoms with van der Waals surface area (Å²) in [6.45, 7) is 5.45. The van der Waals surface area contributed by atoms with Gasteiger partial charge in [0.05, 0.1) is 16.7 Å². The van der Waals surface area contributed by atoms with E-state index in [1.807, 2.05) is 48.2 Å². The highest BCUT2D eigenvalue weighted by molar-refractivity contribution is 7.15. The summed E-state index contributed by atoms with van der Waals surface area (Å²) >= 11 is 1.68. The van der Waals surface area contributed by atoms with Crippen molar-refractivity contribution in [3.63, 3.8) is 0 Å². The first-order chi connectivity index (χ1) is 15.0. The third kappa shape index (κ3) is 4.12. The van der Waals surface area contributed by atoms with Crippen LogP contribution in [0.4, 0.5) is 0 Å². The number of benzene rings is 1. The first kappa shape index (κ1) is 20.3. The molecule has 3 aromatic rings. The molecule has 1 aromatic carbocycles. The number of likely N-dealkylation sites (tertiary alicyclic amines) is 1. The van der Waals surface area contributed by atoms with E-state index in [0.717, 1.165) is 22.7 Å². The lowest BCUT2D eigenvalue weighted by Crippen LogP contribution is -2.42. The Morgan fingerprint density at radius 1 is 1.13 bits per heavy atom. The van der Waals surface area contributed by atoms with Gasteiger partial charge in [-0.15, -0.1) is 11.3 Å². The Bertz CT molecular complexity index is 1070. The Balaban J connectivity index is 1.24. The maximum Gasteiger partial charge on any atom is 0.274 e. The first-order valence-electron chi connectivity index (χ1n) is 10.8. The molecule has 0 bridgehead atoms. The van der Waals surface area contributed by atoms with Crippen LogP contribution < -0.4 is 4.74 Å². The molecule has 1 aliphatic heterocycles. The molecule has 1 saturated heterocycles. The SMILES string of the molecule is Cc1ccc(O[C@@H]2C[C@@H]3CN(C(=O)c4cc(-c5ccc(C)s5)[nH]n4)C[C@@H]3C[C@H]2O)cc1. The van der Waals surface area contributed by atoms with Crippen molar-refractivity contribution < 1.29 is 14.6 Å². The number of hydrogen-bond donors (Lipinski definition) is 2. The molecule has 162 valence electrons. The molecule has 2 aliphatic rings. The summed E-state index contributed by atoms with van der Waals surface area (Å²) in [5.74, 6) is 1.37. The highest BCUT2D eigenvalue weighted by Gasteiger charge is 2.44. The quantitative estimate of drug-likeness (QED) is 0.646. The van der Waals surface area contributed by atoms with E-state index in [1.165, 1.54) is 10.4 Å². The summed E-state index contributed by atoms with van der Waals surface area (Å²) < 4.78 is 6.10. The molecule has 0 spiro atoms. The second kappa shape index (κ2) is 8.13. The van der Waals surface area contributed by atoms with E-state index in [-0.39, 0.29) is 12.0 Å². The van der Waals surface area contributed by atoms with Gasteiger partial charge in [-0.25, -0.2) is 0 Å². The van der Waals surface area contributed by atoms with Gasteiger partial charge in [0.15, 0.2) is 5.69 Å². The van der Waals surface area contributed by atoms with E-state index in [1.54, 1.807) is 11.3 Å². The molecule has 7 heteroatoms. The van der Waals surface area contributed by atoms with E-state index >= 15 is 0 Å². The number of aliphatic hydroxyl groups is 1. The lowest BCUT2D eigenvalue weighted by molar-refractivity contribution is -0.0231. The molecule has 0 radical (unpaired) electrons. The lowest BCUT2D eigenvalue weighted by Gasteiger charge is -2.35. The minimum absolute atomic E-state index is 0.0457. The zero-order chi connectivity index (χ0) is 21.5.